The fraction of sp³-hybridized carbons (Fsp3) is 0.600. The SMILES string of the molecule is CC(C)NC(C)(CO)CCCSc1cc(Cl)ccc1Cl. The summed E-state index contributed by atoms with van der Waals surface area (Å²) in [6.45, 7) is 6.39. The van der Waals surface area contributed by atoms with Gasteiger partial charge in [-0.1, -0.05) is 37.0 Å². The third-order valence-corrected chi connectivity index (χ3v) is 4.83. The maximum Gasteiger partial charge on any atom is 0.0610 e. The first kappa shape index (κ1) is 18.1. The molecule has 1 atom stereocenters. The van der Waals surface area contributed by atoms with Gasteiger partial charge in [-0.15, -0.1) is 11.8 Å². The van der Waals surface area contributed by atoms with E-state index in [1.165, 1.54) is 0 Å². The summed E-state index contributed by atoms with van der Waals surface area (Å²) in [4.78, 5) is 1.02. The standard InChI is InChI=1S/C15H23Cl2NOS/c1-11(2)18-15(3,10-19)7-4-8-20-14-9-12(16)5-6-13(14)17/h5-6,9,11,18-19H,4,7-8,10H2,1-3H3. The van der Waals surface area contributed by atoms with E-state index in [1.54, 1.807) is 17.8 Å². The van der Waals surface area contributed by atoms with Crippen LogP contribution in [0.2, 0.25) is 10.0 Å². The summed E-state index contributed by atoms with van der Waals surface area (Å²) < 4.78 is 0. The molecule has 0 aliphatic rings. The molecular formula is C15H23Cl2NOS. The van der Waals surface area contributed by atoms with E-state index in [1.807, 2.05) is 12.1 Å². The van der Waals surface area contributed by atoms with Gasteiger partial charge in [0.1, 0.15) is 0 Å². The first-order valence-corrected chi connectivity index (χ1v) is 8.57. The van der Waals surface area contributed by atoms with Crippen molar-refractivity contribution in [1.82, 2.24) is 5.32 Å². The van der Waals surface area contributed by atoms with Crippen LogP contribution in [-0.2, 0) is 0 Å². The van der Waals surface area contributed by atoms with Gasteiger partial charge in [0.15, 0.2) is 0 Å². The molecule has 20 heavy (non-hydrogen) atoms. The van der Waals surface area contributed by atoms with Crippen molar-refractivity contribution in [3.63, 3.8) is 0 Å². The monoisotopic (exact) mass is 335 g/mol. The van der Waals surface area contributed by atoms with E-state index < -0.39 is 0 Å². The summed E-state index contributed by atoms with van der Waals surface area (Å²) in [6.07, 6.45) is 1.93. The molecule has 0 aliphatic heterocycles. The van der Waals surface area contributed by atoms with E-state index in [2.05, 4.69) is 26.1 Å². The summed E-state index contributed by atoms with van der Waals surface area (Å²) in [5, 5.41) is 14.4. The normalized spacial score (nSPS) is 14.6. The van der Waals surface area contributed by atoms with Crippen LogP contribution in [0.3, 0.4) is 0 Å². The molecule has 2 nitrogen and oxygen atoms in total. The summed E-state index contributed by atoms with van der Waals surface area (Å²) in [5.74, 6) is 0.954. The Kier molecular flexibility index (Phi) is 7.70. The van der Waals surface area contributed by atoms with Gasteiger partial charge in [-0.3, -0.25) is 0 Å². The fourth-order valence-corrected chi connectivity index (χ4v) is 3.57. The molecule has 0 fully saturated rings. The second kappa shape index (κ2) is 8.50. The number of halogens is 2. The molecule has 0 spiro atoms. The molecule has 1 rings (SSSR count). The van der Waals surface area contributed by atoms with Gasteiger partial charge in [0.25, 0.3) is 0 Å². The van der Waals surface area contributed by atoms with E-state index in [-0.39, 0.29) is 12.1 Å². The van der Waals surface area contributed by atoms with Crippen LogP contribution in [0, 0.1) is 0 Å². The van der Waals surface area contributed by atoms with Crippen LogP contribution in [0.4, 0.5) is 0 Å². The van der Waals surface area contributed by atoms with E-state index in [9.17, 15) is 5.11 Å². The lowest BCUT2D eigenvalue weighted by Gasteiger charge is -2.31. The topological polar surface area (TPSA) is 32.3 Å². The van der Waals surface area contributed by atoms with Crippen molar-refractivity contribution >= 4 is 35.0 Å². The molecule has 1 aromatic rings. The third-order valence-electron chi connectivity index (χ3n) is 3.01. The van der Waals surface area contributed by atoms with Crippen LogP contribution in [0.25, 0.3) is 0 Å². The van der Waals surface area contributed by atoms with Crippen LogP contribution in [-0.4, -0.2) is 29.0 Å². The summed E-state index contributed by atoms with van der Waals surface area (Å²) in [7, 11) is 0. The average Bonchev–Trinajstić information content (AvgIpc) is 2.38. The molecule has 0 aromatic heterocycles. The van der Waals surface area contributed by atoms with Crippen molar-refractivity contribution in [1.29, 1.82) is 0 Å². The van der Waals surface area contributed by atoms with Crippen LogP contribution < -0.4 is 5.32 Å². The first-order chi connectivity index (χ1) is 9.36. The van der Waals surface area contributed by atoms with E-state index in [0.717, 1.165) is 28.5 Å². The molecular weight excluding hydrogens is 313 g/mol. The van der Waals surface area contributed by atoms with Crippen molar-refractivity contribution in [2.45, 2.75) is 50.1 Å². The zero-order valence-corrected chi connectivity index (χ0v) is 14.6. The number of rotatable bonds is 8. The molecule has 0 saturated heterocycles. The third kappa shape index (κ3) is 6.23. The smallest absolute Gasteiger partial charge is 0.0610 e. The number of aliphatic hydroxyl groups is 1. The Morgan fingerprint density at radius 1 is 1.35 bits per heavy atom. The Bertz CT molecular complexity index is 428. The van der Waals surface area contributed by atoms with Gasteiger partial charge in [-0.2, -0.15) is 0 Å². The van der Waals surface area contributed by atoms with E-state index in [0.29, 0.717) is 11.1 Å². The Morgan fingerprint density at radius 3 is 2.65 bits per heavy atom. The van der Waals surface area contributed by atoms with Gasteiger partial charge < -0.3 is 10.4 Å². The molecule has 2 N–H and O–H groups in total. The van der Waals surface area contributed by atoms with Gasteiger partial charge in [-0.25, -0.2) is 0 Å². The fourth-order valence-electron chi connectivity index (χ4n) is 2.13. The lowest BCUT2D eigenvalue weighted by atomic mass is 9.96. The van der Waals surface area contributed by atoms with Gasteiger partial charge in [-0.05, 0) is 43.7 Å². The minimum absolute atomic E-state index is 0.147. The van der Waals surface area contributed by atoms with Gasteiger partial charge in [0, 0.05) is 21.5 Å². The van der Waals surface area contributed by atoms with Crippen molar-refractivity contribution in [2.24, 2.45) is 0 Å². The number of aliphatic hydroxyl groups excluding tert-OH is 1. The van der Waals surface area contributed by atoms with Crippen LogP contribution in [0.1, 0.15) is 33.6 Å². The predicted octanol–water partition coefficient (Wildman–Crippen LogP) is 4.61. The maximum atomic E-state index is 9.52. The number of hydrogen-bond acceptors (Lipinski definition) is 3. The first-order valence-electron chi connectivity index (χ1n) is 6.83. The summed E-state index contributed by atoms with van der Waals surface area (Å²) >= 11 is 13.8. The van der Waals surface area contributed by atoms with Gasteiger partial charge in [0.05, 0.1) is 11.6 Å². The summed E-state index contributed by atoms with van der Waals surface area (Å²) in [6, 6.07) is 5.88. The van der Waals surface area contributed by atoms with E-state index >= 15 is 0 Å². The van der Waals surface area contributed by atoms with Gasteiger partial charge in [0.2, 0.25) is 0 Å². The molecule has 1 aromatic carbocycles. The highest BCUT2D eigenvalue weighted by Gasteiger charge is 2.23. The Labute approximate surface area is 136 Å². The number of hydrogen-bond donors (Lipinski definition) is 2. The lowest BCUT2D eigenvalue weighted by molar-refractivity contribution is 0.156. The Balaban J connectivity index is 2.42. The molecule has 114 valence electrons. The molecule has 0 bridgehead atoms. The number of thioether (sulfide) groups is 1. The minimum atomic E-state index is -0.215. The van der Waals surface area contributed by atoms with Crippen LogP contribution in [0.5, 0.6) is 0 Å². The zero-order chi connectivity index (χ0) is 15.2. The number of benzene rings is 1. The molecule has 0 heterocycles. The number of nitrogens with one attached hydrogen (secondary N) is 1. The molecule has 1 unspecified atom stereocenters. The van der Waals surface area contributed by atoms with Gasteiger partial charge >= 0.3 is 0 Å². The largest absolute Gasteiger partial charge is 0.394 e. The van der Waals surface area contributed by atoms with Crippen molar-refractivity contribution in [2.75, 3.05) is 12.4 Å². The average molecular weight is 336 g/mol. The van der Waals surface area contributed by atoms with Crippen LogP contribution in [0.15, 0.2) is 23.1 Å². The lowest BCUT2D eigenvalue weighted by Crippen LogP contribution is -2.49. The zero-order valence-electron chi connectivity index (χ0n) is 12.2. The molecule has 0 radical (unpaired) electrons. The quantitative estimate of drug-likeness (QED) is 0.537. The molecule has 5 heteroatoms. The highest BCUT2D eigenvalue weighted by Crippen LogP contribution is 2.30. The highest BCUT2D eigenvalue weighted by molar-refractivity contribution is 7.99. The molecule has 0 amide bonds. The Hall–Kier alpha value is 0.0700. The van der Waals surface area contributed by atoms with Crippen molar-refractivity contribution < 1.29 is 5.11 Å². The van der Waals surface area contributed by atoms with E-state index in [4.69, 9.17) is 23.2 Å². The van der Waals surface area contributed by atoms with Crippen molar-refractivity contribution in [3.8, 4) is 0 Å². The predicted molar refractivity (Wildman–Crippen MR) is 90.2 cm³/mol. The second-order valence-corrected chi connectivity index (χ2v) is 7.52. The minimum Gasteiger partial charge on any atom is -0.394 e. The maximum absolute atomic E-state index is 9.52. The summed E-state index contributed by atoms with van der Waals surface area (Å²) in [5.41, 5.74) is -0.215. The second-order valence-electron chi connectivity index (χ2n) is 5.54. The highest BCUT2D eigenvalue weighted by atomic mass is 35.5. The molecule has 0 saturated carbocycles. The molecule has 0 aliphatic carbocycles. The van der Waals surface area contributed by atoms with Crippen LogP contribution >= 0.6 is 35.0 Å². The van der Waals surface area contributed by atoms with Crippen molar-refractivity contribution in [3.05, 3.63) is 28.2 Å². The Morgan fingerprint density at radius 2 is 2.05 bits per heavy atom.